The zero-order chi connectivity index (χ0) is 18.7. The molecule has 1 atom stereocenters. The Morgan fingerprint density at radius 3 is 2.65 bits per heavy atom. The fourth-order valence-corrected chi connectivity index (χ4v) is 6.03. The molecule has 0 bridgehead atoms. The minimum absolute atomic E-state index is 0. The Hall–Kier alpha value is -0.670. The van der Waals surface area contributed by atoms with Crippen LogP contribution in [0.15, 0.2) is 16.3 Å². The van der Waals surface area contributed by atoms with Crippen LogP contribution in [0.3, 0.4) is 0 Å². The molecule has 0 radical (unpaired) electrons. The molecule has 2 heterocycles. The van der Waals surface area contributed by atoms with Crippen molar-refractivity contribution in [1.29, 1.82) is 0 Å². The molecule has 9 heteroatoms. The lowest BCUT2D eigenvalue weighted by atomic mass is 9.96. The van der Waals surface area contributed by atoms with E-state index in [2.05, 4.69) is 5.32 Å². The Bertz CT molecular complexity index is 698. The van der Waals surface area contributed by atoms with E-state index in [4.69, 9.17) is 5.73 Å². The van der Waals surface area contributed by atoms with E-state index < -0.39 is 15.4 Å². The van der Waals surface area contributed by atoms with Crippen LogP contribution >= 0.6 is 23.7 Å². The number of halogens is 1. The van der Waals surface area contributed by atoms with Crippen molar-refractivity contribution in [3.63, 3.8) is 0 Å². The van der Waals surface area contributed by atoms with Gasteiger partial charge < -0.3 is 11.1 Å². The lowest BCUT2D eigenvalue weighted by molar-refractivity contribution is -0.128. The number of thiophene rings is 1. The highest BCUT2D eigenvalue weighted by Gasteiger charge is 2.33. The number of hydrogen-bond acceptors (Lipinski definition) is 5. The first kappa shape index (κ1) is 23.4. The van der Waals surface area contributed by atoms with Gasteiger partial charge in [0.2, 0.25) is 5.91 Å². The number of amides is 1. The fourth-order valence-electron chi connectivity index (χ4n) is 2.84. The summed E-state index contributed by atoms with van der Waals surface area (Å²) in [5, 5.41) is 2.89. The van der Waals surface area contributed by atoms with E-state index in [0.29, 0.717) is 30.3 Å². The van der Waals surface area contributed by atoms with Crippen molar-refractivity contribution in [2.75, 3.05) is 19.6 Å². The van der Waals surface area contributed by atoms with Crippen molar-refractivity contribution in [3.05, 3.63) is 17.0 Å². The number of nitrogens with zero attached hydrogens (tertiary/aromatic N) is 1. The Morgan fingerprint density at radius 2 is 2.04 bits per heavy atom. The number of hydrogen-bond donors (Lipinski definition) is 2. The molecule has 3 N–H and O–H groups in total. The number of carbonyl (C=O) groups excluding carboxylic acids is 1. The van der Waals surface area contributed by atoms with Crippen molar-refractivity contribution in [2.45, 2.75) is 56.7 Å². The van der Waals surface area contributed by atoms with Crippen molar-refractivity contribution >= 4 is 39.7 Å². The summed E-state index contributed by atoms with van der Waals surface area (Å²) in [7, 11) is -3.48. The molecule has 1 fully saturated rings. The first-order chi connectivity index (χ1) is 11.7. The van der Waals surface area contributed by atoms with Gasteiger partial charge in [-0.15, -0.1) is 23.7 Å². The molecule has 1 aromatic heterocycles. The van der Waals surface area contributed by atoms with Crippen molar-refractivity contribution < 1.29 is 13.2 Å². The minimum atomic E-state index is -3.48. The van der Waals surface area contributed by atoms with Crippen LogP contribution in [0.1, 0.15) is 44.9 Å². The molecule has 1 saturated heterocycles. The van der Waals surface area contributed by atoms with Gasteiger partial charge in [-0.2, -0.15) is 4.31 Å². The summed E-state index contributed by atoms with van der Waals surface area (Å²) in [6.45, 7) is 7.00. The van der Waals surface area contributed by atoms with Gasteiger partial charge in [-0.1, -0.05) is 27.2 Å². The third kappa shape index (κ3) is 5.66. The molecule has 0 aliphatic carbocycles. The van der Waals surface area contributed by atoms with Crippen LogP contribution < -0.4 is 11.1 Å². The lowest BCUT2D eigenvalue weighted by Crippen LogP contribution is -2.47. The van der Waals surface area contributed by atoms with Gasteiger partial charge in [-0.3, -0.25) is 4.79 Å². The molecule has 1 amide bonds. The largest absolute Gasteiger partial charge is 0.355 e. The standard InChI is InChI=1S/C17H29N3O3S2.ClH/c1-17(2,3)16(21)19-10-9-14-7-8-15(24-14)25(22,23)20-11-5-4-6-13(20)12-18;/h7-8,13H,4-6,9-12,18H2,1-3H3,(H,19,21);1H. The van der Waals surface area contributed by atoms with Gasteiger partial charge in [-0.25, -0.2) is 8.42 Å². The van der Waals surface area contributed by atoms with E-state index in [1.54, 1.807) is 10.4 Å². The Labute approximate surface area is 167 Å². The lowest BCUT2D eigenvalue weighted by Gasteiger charge is -2.33. The van der Waals surface area contributed by atoms with Crippen LogP contribution in [0.5, 0.6) is 0 Å². The quantitative estimate of drug-likeness (QED) is 0.734. The van der Waals surface area contributed by atoms with Gasteiger partial charge in [0.25, 0.3) is 10.0 Å². The second-order valence-electron chi connectivity index (χ2n) is 7.48. The van der Waals surface area contributed by atoms with E-state index in [0.717, 1.165) is 24.1 Å². The zero-order valence-electron chi connectivity index (χ0n) is 15.7. The predicted octanol–water partition coefficient (Wildman–Crippen LogP) is 2.38. The molecule has 26 heavy (non-hydrogen) atoms. The number of nitrogens with two attached hydrogens (primary N) is 1. The van der Waals surface area contributed by atoms with Gasteiger partial charge in [-0.05, 0) is 31.4 Å². The highest BCUT2D eigenvalue weighted by molar-refractivity contribution is 7.91. The first-order valence-corrected chi connectivity index (χ1v) is 11.0. The topological polar surface area (TPSA) is 92.5 Å². The number of sulfonamides is 1. The summed E-state index contributed by atoms with van der Waals surface area (Å²) in [5.41, 5.74) is 5.34. The van der Waals surface area contributed by atoms with Crippen LogP contribution in [-0.2, 0) is 21.2 Å². The summed E-state index contributed by atoms with van der Waals surface area (Å²) < 4.78 is 27.7. The summed E-state index contributed by atoms with van der Waals surface area (Å²) in [4.78, 5) is 12.8. The van der Waals surface area contributed by atoms with Gasteiger partial charge in [0.1, 0.15) is 4.21 Å². The molecule has 1 aromatic rings. The third-order valence-electron chi connectivity index (χ3n) is 4.38. The molecule has 1 unspecified atom stereocenters. The van der Waals surface area contributed by atoms with Crippen molar-refractivity contribution in [3.8, 4) is 0 Å². The Balaban J connectivity index is 0.00000338. The zero-order valence-corrected chi connectivity index (χ0v) is 18.1. The maximum absolute atomic E-state index is 12.9. The molecule has 6 nitrogen and oxygen atoms in total. The monoisotopic (exact) mass is 423 g/mol. The van der Waals surface area contributed by atoms with Gasteiger partial charge in [0.05, 0.1) is 0 Å². The van der Waals surface area contributed by atoms with Crippen LogP contribution in [0.4, 0.5) is 0 Å². The SMILES string of the molecule is CC(C)(C)C(=O)NCCc1ccc(S(=O)(=O)N2CCCCC2CN)s1.Cl. The maximum atomic E-state index is 12.9. The Kier molecular flexibility index (Phi) is 8.54. The molecule has 1 aliphatic rings. The summed E-state index contributed by atoms with van der Waals surface area (Å²) in [6, 6.07) is 3.40. The van der Waals surface area contributed by atoms with Crippen molar-refractivity contribution in [2.24, 2.45) is 11.1 Å². The van der Waals surface area contributed by atoms with Gasteiger partial charge in [0, 0.05) is 36.0 Å². The fraction of sp³-hybridized carbons (Fsp3) is 0.706. The average molecular weight is 424 g/mol. The van der Waals surface area contributed by atoms with Crippen LogP contribution in [0.25, 0.3) is 0 Å². The van der Waals surface area contributed by atoms with Crippen molar-refractivity contribution in [1.82, 2.24) is 9.62 Å². The molecule has 150 valence electrons. The highest BCUT2D eigenvalue weighted by Crippen LogP contribution is 2.29. The van der Waals surface area contributed by atoms with Gasteiger partial charge >= 0.3 is 0 Å². The molecular formula is C17H30ClN3O3S2. The number of rotatable bonds is 6. The second-order valence-corrected chi connectivity index (χ2v) is 10.8. The summed E-state index contributed by atoms with van der Waals surface area (Å²) in [5.74, 6) is -0.00370. The van der Waals surface area contributed by atoms with Crippen LogP contribution in [-0.4, -0.2) is 44.3 Å². The molecule has 0 aromatic carbocycles. The van der Waals surface area contributed by atoms with Crippen LogP contribution in [0, 0.1) is 5.41 Å². The smallest absolute Gasteiger partial charge is 0.252 e. The first-order valence-electron chi connectivity index (χ1n) is 8.75. The maximum Gasteiger partial charge on any atom is 0.252 e. The van der Waals surface area contributed by atoms with E-state index in [1.807, 2.05) is 26.8 Å². The third-order valence-corrected chi connectivity index (χ3v) is 7.95. The second kappa shape index (κ2) is 9.50. The van der Waals surface area contributed by atoms with E-state index in [1.165, 1.54) is 11.3 Å². The van der Waals surface area contributed by atoms with E-state index in [-0.39, 0.29) is 24.4 Å². The minimum Gasteiger partial charge on any atom is -0.355 e. The normalized spacial score (nSPS) is 19.0. The Morgan fingerprint density at radius 1 is 1.35 bits per heavy atom. The van der Waals surface area contributed by atoms with Crippen LogP contribution in [0.2, 0.25) is 0 Å². The number of piperidine rings is 1. The summed E-state index contributed by atoms with van der Waals surface area (Å²) >= 11 is 1.28. The van der Waals surface area contributed by atoms with E-state index >= 15 is 0 Å². The average Bonchev–Trinajstić information content (AvgIpc) is 3.03. The molecule has 0 saturated carbocycles. The van der Waals surface area contributed by atoms with E-state index in [9.17, 15) is 13.2 Å². The molecule has 2 rings (SSSR count). The molecule has 0 spiro atoms. The number of nitrogens with one attached hydrogen (secondary N) is 1. The molecule has 1 aliphatic heterocycles. The number of carbonyl (C=O) groups is 1. The van der Waals surface area contributed by atoms with Gasteiger partial charge in [0.15, 0.2) is 0 Å². The predicted molar refractivity (Wildman–Crippen MR) is 108 cm³/mol. The summed E-state index contributed by atoms with van der Waals surface area (Å²) in [6.07, 6.45) is 3.36. The highest BCUT2D eigenvalue weighted by atomic mass is 35.5. The molecular weight excluding hydrogens is 394 g/mol.